The van der Waals surface area contributed by atoms with Crippen LogP contribution in [-0.4, -0.2) is 19.4 Å². The van der Waals surface area contributed by atoms with E-state index in [1.165, 1.54) is 36.8 Å². The van der Waals surface area contributed by atoms with Crippen molar-refractivity contribution in [1.82, 2.24) is 0 Å². The van der Waals surface area contributed by atoms with Gasteiger partial charge >= 0.3 is 0 Å². The largest absolute Gasteiger partial charge is 0.370 e. The van der Waals surface area contributed by atoms with E-state index in [2.05, 4.69) is 29.2 Å². The Morgan fingerprint density at radius 1 is 1.17 bits per heavy atom. The number of benzene rings is 1. The molecule has 1 fully saturated rings. The summed E-state index contributed by atoms with van der Waals surface area (Å²) in [5, 5.41) is 0. The lowest BCUT2D eigenvalue weighted by Crippen LogP contribution is -2.39. The predicted octanol–water partition coefficient (Wildman–Crippen LogP) is 3.20. The summed E-state index contributed by atoms with van der Waals surface area (Å²) in [5.74, 6) is 0. The average Bonchev–Trinajstić information content (AvgIpc) is 2.83. The van der Waals surface area contributed by atoms with Crippen molar-refractivity contribution in [2.45, 2.75) is 38.5 Å². The van der Waals surface area contributed by atoms with Crippen molar-refractivity contribution in [3.63, 3.8) is 0 Å². The number of fused-ring (bicyclic) bond motifs is 1. The number of carbonyl (C=O) groups excluding carboxylic acids is 1. The highest BCUT2D eigenvalue weighted by Gasteiger charge is 2.35. The standard InChI is InChI=1S/C16H21NO/c18-13-16(9-4-1-5-10-16)12-17-11-8-14-6-2-3-7-15(14)17/h2-3,6-7,13H,1,4-5,8-12H2. The first kappa shape index (κ1) is 11.8. The van der Waals surface area contributed by atoms with Gasteiger partial charge in [0.15, 0.2) is 0 Å². The summed E-state index contributed by atoms with van der Waals surface area (Å²) in [5.41, 5.74) is 2.72. The van der Waals surface area contributed by atoms with Crippen LogP contribution in [0.25, 0.3) is 0 Å². The summed E-state index contributed by atoms with van der Waals surface area (Å²) in [6.07, 6.45) is 8.26. The van der Waals surface area contributed by atoms with E-state index in [4.69, 9.17) is 0 Å². The number of rotatable bonds is 3. The van der Waals surface area contributed by atoms with Crippen molar-refractivity contribution in [2.75, 3.05) is 18.0 Å². The highest BCUT2D eigenvalue weighted by atomic mass is 16.1. The Kier molecular flexibility index (Phi) is 3.11. The lowest BCUT2D eigenvalue weighted by atomic mass is 9.75. The monoisotopic (exact) mass is 243 g/mol. The van der Waals surface area contributed by atoms with Crippen molar-refractivity contribution < 1.29 is 4.79 Å². The van der Waals surface area contributed by atoms with Crippen LogP contribution in [0, 0.1) is 5.41 Å². The van der Waals surface area contributed by atoms with Crippen LogP contribution in [0.3, 0.4) is 0 Å². The Bertz CT molecular complexity index is 434. The van der Waals surface area contributed by atoms with Crippen molar-refractivity contribution in [1.29, 1.82) is 0 Å². The zero-order valence-corrected chi connectivity index (χ0v) is 10.9. The van der Waals surface area contributed by atoms with E-state index < -0.39 is 0 Å². The van der Waals surface area contributed by atoms with Crippen molar-refractivity contribution in [2.24, 2.45) is 5.41 Å². The second kappa shape index (κ2) is 4.75. The van der Waals surface area contributed by atoms with E-state index >= 15 is 0 Å². The molecular formula is C16H21NO. The molecule has 2 heteroatoms. The van der Waals surface area contributed by atoms with Gasteiger partial charge in [0.2, 0.25) is 0 Å². The van der Waals surface area contributed by atoms with Gasteiger partial charge in [-0.3, -0.25) is 0 Å². The van der Waals surface area contributed by atoms with Gasteiger partial charge in [-0.1, -0.05) is 37.5 Å². The number of anilines is 1. The summed E-state index contributed by atoms with van der Waals surface area (Å²) < 4.78 is 0. The normalized spacial score (nSPS) is 21.7. The molecule has 1 aromatic carbocycles. The first-order valence-corrected chi connectivity index (χ1v) is 7.12. The Morgan fingerprint density at radius 3 is 2.72 bits per heavy atom. The molecule has 18 heavy (non-hydrogen) atoms. The number of hydrogen-bond acceptors (Lipinski definition) is 2. The van der Waals surface area contributed by atoms with Gasteiger partial charge in [0.05, 0.1) is 0 Å². The van der Waals surface area contributed by atoms with Crippen LogP contribution in [-0.2, 0) is 11.2 Å². The molecule has 1 aliphatic heterocycles. The molecule has 1 saturated carbocycles. The summed E-state index contributed by atoms with van der Waals surface area (Å²) in [6, 6.07) is 8.62. The van der Waals surface area contributed by atoms with E-state index in [9.17, 15) is 4.79 Å². The van der Waals surface area contributed by atoms with Crippen LogP contribution in [0.2, 0.25) is 0 Å². The molecule has 0 radical (unpaired) electrons. The second-order valence-electron chi connectivity index (χ2n) is 5.84. The number of hydrogen-bond donors (Lipinski definition) is 0. The fourth-order valence-electron chi connectivity index (χ4n) is 3.52. The lowest BCUT2D eigenvalue weighted by Gasteiger charge is -2.36. The molecule has 0 amide bonds. The lowest BCUT2D eigenvalue weighted by molar-refractivity contribution is -0.117. The Morgan fingerprint density at radius 2 is 1.94 bits per heavy atom. The predicted molar refractivity (Wildman–Crippen MR) is 73.9 cm³/mol. The fraction of sp³-hybridized carbons (Fsp3) is 0.562. The Hall–Kier alpha value is -1.31. The molecule has 0 atom stereocenters. The molecule has 96 valence electrons. The van der Waals surface area contributed by atoms with E-state index in [0.29, 0.717) is 0 Å². The second-order valence-corrected chi connectivity index (χ2v) is 5.84. The van der Waals surface area contributed by atoms with Crippen molar-refractivity contribution in [3.8, 4) is 0 Å². The van der Waals surface area contributed by atoms with Crippen LogP contribution >= 0.6 is 0 Å². The molecule has 1 aromatic rings. The van der Waals surface area contributed by atoms with Crippen LogP contribution in [0.1, 0.15) is 37.7 Å². The summed E-state index contributed by atoms with van der Waals surface area (Å²) in [7, 11) is 0. The third-order valence-electron chi connectivity index (χ3n) is 4.59. The zero-order chi connectivity index (χ0) is 12.4. The quantitative estimate of drug-likeness (QED) is 0.760. The Balaban J connectivity index is 1.79. The topological polar surface area (TPSA) is 20.3 Å². The molecule has 1 aliphatic carbocycles. The maximum Gasteiger partial charge on any atom is 0.127 e. The maximum absolute atomic E-state index is 11.6. The molecule has 3 rings (SSSR count). The van der Waals surface area contributed by atoms with E-state index in [1.807, 2.05) is 0 Å². The first-order chi connectivity index (χ1) is 8.83. The van der Waals surface area contributed by atoms with Crippen molar-refractivity contribution in [3.05, 3.63) is 29.8 Å². The minimum atomic E-state index is -0.0737. The molecule has 0 aromatic heterocycles. The molecule has 2 nitrogen and oxygen atoms in total. The molecule has 1 heterocycles. The number of aldehydes is 1. The van der Waals surface area contributed by atoms with E-state index in [1.54, 1.807) is 0 Å². The van der Waals surface area contributed by atoms with Crippen molar-refractivity contribution >= 4 is 12.0 Å². The van der Waals surface area contributed by atoms with Crippen LogP contribution in [0.5, 0.6) is 0 Å². The molecule has 0 unspecified atom stereocenters. The maximum atomic E-state index is 11.6. The van der Waals surface area contributed by atoms with Gasteiger partial charge in [0, 0.05) is 24.2 Å². The highest BCUT2D eigenvalue weighted by Crippen LogP contribution is 2.38. The summed E-state index contributed by atoms with van der Waals surface area (Å²) in [4.78, 5) is 14.0. The highest BCUT2D eigenvalue weighted by molar-refractivity contribution is 5.64. The molecule has 0 N–H and O–H groups in total. The van der Waals surface area contributed by atoms with Gasteiger partial charge in [-0.05, 0) is 30.9 Å². The van der Waals surface area contributed by atoms with Gasteiger partial charge in [-0.15, -0.1) is 0 Å². The van der Waals surface area contributed by atoms with Gasteiger partial charge in [-0.25, -0.2) is 0 Å². The molecule has 0 saturated heterocycles. The third kappa shape index (κ3) is 2.05. The molecule has 2 aliphatic rings. The zero-order valence-electron chi connectivity index (χ0n) is 10.9. The van der Waals surface area contributed by atoms with E-state index in [-0.39, 0.29) is 5.41 Å². The molecular weight excluding hydrogens is 222 g/mol. The molecule has 0 bridgehead atoms. The smallest absolute Gasteiger partial charge is 0.127 e. The number of para-hydroxylation sites is 1. The minimum absolute atomic E-state index is 0.0737. The summed E-state index contributed by atoms with van der Waals surface area (Å²) in [6.45, 7) is 2.00. The Labute approximate surface area is 109 Å². The number of nitrogens with zero attached hydrogens (tertiary/aromatic N) is 1. The van der Waals surface area contributed by atoms with Crippen LogP contribution < -0.4 is 4.90 Å². The first-order valence-electron chi connectivity index (χ1n) is 7.12. The summed E-state index contributed by atoms with van der Waals surface area (Å²) >= 11 is 0. The minimum Gasteiger partial charge on any atom is -0.370 e. The fourth-order valence-corrected chi connectivity index (χ4v) is 3.52. The van der Waals surface area contributed by atoms with Crippen LogP contribution in [0.15, 0.2) is 24.3 Å². The van der Waals surface area contributed by atoms with Crippen LogP contribution in [0.4, 0.5) is 5.69 Å². The van der Waals surface area contributed by atoms with Gasteiger partial charge in [0.1, 0.15) is 6.29 Å². The van der Waals surface area contributed by atoms with E-state index in [0.717, 1.165) is 32.4 Å². The number of carbonyl (C=O) groups is 1. The third-order valence-corrected chi connectivity index (χ3v) is 4.59. The van der Waals surface area contributed by atoms with Gasteiger partial charge < -0.3 is 9.69 Å². The average molecular weight is 243 g/mol. The van der Waals surface area contributed by atoms with Gasteiger partial charge in [-0.2, -0.15) is 0 Å². The molecule has 0 spiro atoms. The van der Waals surface area contributed by atoms with Gasteiger partial charge in [0.25, 0.3) is 0 Å². The SMILES string of the molecule is O=CC1(CN2CCc3ccccc32)CCCCC1.